The van der Waals surface area contributed by atoms with Gasteiger partial charge in [0.1, 0.15) is 0 Å². The van der Waals surface area contributed by atoms with Crippen LogP contribution < -0.4 is 5.32 Å². The van der Waals surface area contributed by atoms with Crippen molar-refractivity contribution < 1.29 is 9.90 Å². The molecule has 11 heavy (non-hydrogen) atoms. The standard InChI is InChI=1S/C7H9NO2S/c1-11-7(6(9)10)4-2-3-5-8-7/h2-5,8H,1H3,(H,9,10). The lowest BCUT2D eigenvalue weighted by Gasteiger charge is -2.25. The molecule has 3 nitrogen and oxygen atoms in total. The van der Waals surface area contributed by atoms with Crippen molar-refractivity contribution in [3.05, 3.63) is 24.4 Å². The van der Waals surface area contributed by atoms with Crippen LogP contribution in [0.4, 0.5) is 0 Å². The van der Waals surface area contributed by atoms with Crippen molar-refractivity contribution in [3.63, 3.8) is 0 Å². The number of dihydropyridines is 1. The van der Waals surface area contributed by atoms with Gasteiger partial charge in [-0.2, -0.15) is 0 Å². The highest BCUT2D eigenvalue weighted by Crippen LogP contribution is 2.23. The first-order chi connectivity index (χ1) is 5.21. The average Bonchev–Trinajstić information content (AvgIpc) is 2.05. The Balaban J connectivity index is 2.85. The highest BCUT2D eigenvalue weighted by molar-refractivity contribution is 8.00. The summed E-state index contributed by atoms with van der Waals surface area (Å²) >= 11 is 1.25. The van der Waals surface area contributed by atoms with Gasteiger partial charge in [0.25, 0.3) is 0 Å². The minimum absolute atomic E-state index is 0.870. The molecule has 0 saturated heterocycles. The third-order valence-electron chi connectivity index (χ3n) is 1.48. The van der Waals surface area contributed by atoms with Crippen molar-refractivity contribution in [2.24, 2.45) is 0 Å². The molecule has 1 rings (SSSR count). The Bertz CT molecular complexity index is 224. The molecule has 0 aliphatic carbocycles. The van der Waals surface area contributed by atoms with Gasteiger partial charge in [0, 0.05) is 0 Å². The molecular weight excluding hydrogens is 162 g/mol. The van der Waals surface area contributed by atoms with Gasteiger partial charge in [0.2, 0.25) is 4.87 Å². The Hall–Kier alpha value is -0.900. The summed E-state index contributed by atoms with van der Waals surface area (Å²) in [5, 5.41) is 11.6. The third-order valence-corrected chi connectivity index (χ3v) is 2.55. The van der Waals surface area contributed by atoms with Crippen LogP contribution in [-0.4, -0.2) is 22.2 Å². The molecule has 1 heterocycles. The summed E-state index contributed by atoms with van der Waals surface area (Å²) < 4.78 is 0. The summed E-state index contributed by atoms with van der Waals surface area (Å²) in [4.78, 5) is 9.78. The zero-order chi connectivity index (χ0) is 8.32. The average molecular weight is 171 g/mol. The Labute approximate surface area is 69.2 Å². The smallest absolute Gasteiger partial charge is 0.344 e. The molecule has 0 aromatic heterocycles. The highest BCUT2D eigenvalue weighted by Gasteiger charge is 2.34. The maximum Gasteiger partial charge on any atom is 0.344 e. The van der Waals surface area contributed by atoms with E-state index in [4.69, 9.17) is 5.11 Å². The summed E-state index contributed by atoms with van der Waals surface area (Å²) in [7, 11) is 0. The molecule has 0 amide bonds. The van der Waals surface area contributed by atoms with Crippen LogP contribution in [0.5, 0.6) is 0 Å². The van der Waals surface area contributed by atoms with E-state index in [1.54, 1.807) is 30.7 Å². The number of thioether (sulfide) groups is 1. The molecule has 1 aliphatic heterocycles. The number of nitrogens with one attached hydrogen (secondary N) is 1. The predicted molar refractivity (Wildman–Crippen MR) is 45.3 cm³/mol. The number of hydrogen-bond acceptors (Lipinski definition) is 3. The molecule has 0 radical (unpaired) electrons. The molecule has 0 spiro atoms. The molecular formula is C7H9NO2S. The normalized spacial score (nSPS) is 28.1. The largest absolute Gasteiger partial charge is 0.479 e. The number of aliphatic carboxylic acids is 1. The van der Waals surface area contributed by atoms with Gasteiger partial charge in [-0.25, -0.2) is 4.79 Å². The van der Waals surface area contributed by atoms with Crippen LogP contribution in [0.2, 0.25) is 0 Å². The van der Waals surface area contributed by atoms with Gasteiger partial charge < -0.3 is 10.4 Å². The van der Waals surface area contributed by atoms with Gasteiger partial charge in [-0.05, 0) is 24.6 Å². The van der Waals surface area contributed by atoms with E-state index < -0.39 is 10.8 Å². The monoisotopic (exact) mass is 171 g/mol. The van der Waals surface area contributed by atoms with Crippen LogP contribution in [0.25, 0.3) is 0 Å². The topological polar surface area (TPSA) is 49.3 Å². The lowest BCUT2D eigenvalue weighted by molar-refractivity contribution is -0.139. The first-order valence-corrected chi connectivity index (χ1v) is 4.34. The van der Waals surface area contributed by atoms with Gasteiger partial charge in [-0.3, -0.25) is 0 Å². The maximum atomic E-state index is 10.7. The summed E-state index contributed by atoms with van der Waals surface area (Å²) in [6, 6.07) is 0. The lowest BCUT2D eigenvalue weighted by atomic mass is 10.2. The second kappa shape index (κ2) is 3.00. The molecule has 4 heteroatoms. The minimum atomic E-state index is -0.964. The van der Waals surface area contributed by atoms with E-state index in [0.717, 1.165) is 0 Å². The summed E-state index contributed by atoms with van der Waals surface area (Å²) in [5.74, 6) is -0.870. The number of carboxylic acid groups (broad SMARTS) is 1. The van der Waals surface area contributed by atoms with E-state index in [1.807, 2.05) is 0 Å². The van der Waals surface area contributed by atoms with Crippen LogP contribution in [0, 0.1) is 0 Å². The van der Waals surface area contributed by atoms with Crippen LogP contribution in [-0.2, 0) is 4.79 Å². The second-order valence-corrected chi connectivity index (χ2v) is 3.16. The fraction of sp³-hybridized carbons (Fsp3) is 0.286. The van der Waals surface area contributed by atoms with E-state index in [9.17, 15) is 4.79 Å². The molecule has 0 bridgehead atoms. The third kappa shape index (κ3) is 1.40. The maximum absolute atomic E-state index is 10.7. The predicted octanol–water partition coefficient (Wildman–Crippen LogP) is 0.803. The van der Waals surface area contributed by atoms with E-state index in [2.05, 4.69) is 5.32 Å². The van der Waals surface area contributed by atoms with Crippen molar-refractivity contribution in [2.75, 3.05) is 6.26 Å². The van der Waals surface area contributed by atoms with E-state index in [1.165, 1.54) is 11.8 Å². The summed E-state index contributed by atoms with van der Waals surface area (Å²) in [5.41, 5.74) is 0. The highest BCUT2D eigenvalue weighted by atomic mass is 32.2. The van der Waals surface area contributed by atoms with Crippen LogP contribution in [0.1, 0.15) is 0 Å². The van der Waals surface area contributed by atoms with Gasteiger partial charge in [-0.1, -0.05) is 6.08 Å². The molecule has 0 aromatic rings. The van der Waals surface area contributed by atoms with Gasteiger partial charge in [-0.15, -0.1) is 11.8 Å². The molecule has 0 aromatic carbocycles. The molecule has 1 unspecified atom stereocenters. The van der Waals surface area contributed by atoms with Crippen molar-refractivity contribution in [3.8, 4) is 0 Å². The van der Waals surface area contributed by atoms with Crippen molar-refractivity contribution in [2.45, 2.75) is 4.87 Å². The number of rotatable bonds is 2. The van der Waals surface area contributed by atoms with Crippen molar-refractivity contribution >= 4 is 17.7 Å². The molecule has 1 atom stereocenters. The minimum Gasteiger partial charge on any atom is -0.479 e. The Morgan fingerprint density at radius 1 is 1.64 bits per heavy atom. The van der Waals surface area contributed by atoms with E-state index in [-0.39, 0.29) is 0 Å². The van der Waals surface area contributed by atoms with E-state index >= 15 is 0 Å². The zero-order valence-electron chi connectivity index (χ0n) is 6.07. The zero-order valence-corrected chi connectivity index (χ0v) is 6.89. The number of hydrogen-bond donors (Lipinski definition) is 2. The number of carbonyl (C=O) groups is 1. The van der Waals surface area contributed by atoms with Crippen LogP contribution in [0.3, 0.4) is 0 Å². The Kier molecular flexibility index (Phi) is 2.24. The Morgan fingerprint density at radius 3 is 2.64 bits per heavy atom. The fourth-order valence-electron chi connectivity index (χ4n) is 0.814. The number of carboxylic acids is 1. The van der Waals surface area contributed by atoms with Crippen molar-refractivity contribution in [1.82, 2.24) is 5.32 Å². The quantitative estimate of drug-likeness (QED) is 0.645. The summed E-state index contributed by atoms with van der Waals surface area (Å²) in [6.07, 6.45) is 8.49. The fourth-order valence-corrected chi connectivity index (χ4v) is 1.39. The molecule has 1 aliphatic rings. The lowest BCUT2D eigenvalue weighted by Crippen LogP contribution is -2.45. The molecule has 60 valence electrons. The van der Waals surface area contributed by atoms with Crippen LogP contribution >= 0.6 is 11.8 Å². The van der Waals surface area contributed by atoms with Gasteiger partial charge in [0.05, 0.1) is 0 Å². The Morgan fingerprint density at radius 2 is 2.36 bits per heavy atom. The first-order valence-electron chi connectivity index (χ1n) is 3.12. The van der Waals surface area contributed by atoms with E-state index in [0.29, 0.717) is 0 Å². The van der Waals surface area contributed by atoms with Gasteiger partial charge >= 0.3 is 5.97 Å². The summed E-state index contributed by atoms with van der Waals surface area (Å²) in [6.45, 7) is 0. The van der Waals surface area contributed by atoms with Gasteiger partial charge in [0.15, 0.2) is 0 Å². The molecule has 0 saturated carbocycles. The van der Waals surface area contributed by atoms with Crippen LogP contribution in [0.15, 0.2) is 24.4 Å². The number of allylic oxidation sites excluding steroid dienone is 2. The SMILES string of the molecule is CSC1(C(=O)O)C=CC=CN1. The molecule has 0 fully saturated rings. The van der Waals surface area contributed by atoms with Crippen molar-refractivity contribution in [1.29, 1.82) is 0 Å². The molecule has 2 N–H and O–H groups in total. The second-order valence-electron chi connectivity index (χ2n) is 2.11. The first kappa shape index (κ1) is 8.20.